The molecule has 0 aliphatic rings. The molecule has 1 aromatic heterocycles. The molecule has 0 radical (unpaired) electrons. The van der Waals surface area contributed by atoms with Crippen LogP contribution in [-0.2, 0) is 10.0 Å². The van der Waals surface area contributed by atoms with Crippen LogP contribution in [0.1, 0.15) is 10.4 Å². The fourth-order valence-corrected chi connectivity index (χ4v) is 2.48. The first-order chi connectivity index (χ1) is 9.40. The van der Waals surface area contributed by atoms with E-state index in [9.17, 15) is 13.2 Å². The largest absolute Gasteiger partial charge is 0.478 e. The quantitative estimate of drug-likeness (QED) is 0.863. The van der Waals surface area contributed by atoms with Crippen molar-refractivity contribution >= 4 is 33.5 Å². The lowest BCUT2D eigenvalue weighted by Crippen LogP contribution is -2.16. The van der Waals surface area contributed by atoms with Crippen LogP contribution in [0.2, 0.25) is 5.02 Å². The molecule has 0 spiro atoms. The van der Waals surface area contributed by atoms with E-state index in [2.05, 4.69) is 19.9 Å². The van der Waals surface area contributed by atoms with Crippen LogP contribution in [0.3, 0.4) is 0 Å². The van der Waals surface area contributed by atoms with Gasteiger partial charge in [0.2, 0.25) is 0 Å². The zero-order valence-corrected chi connectivity index (χ0v) is 11.3. The van der Waals surface area contributed by atoms with Gasteiger partial charge in [-0.3, -0.25) is 0 Å². The molecular weight excluding hydrogens is 308 g/mol. The predicted molar refractivity (Wildman–Crippen MR) is 69.0 cm³/mol. The highest BCUT2D eigenvalue weighted by atomic mass is 35.5. The van der Waals surface area contributed by atoms with Crippen LogP contribution >= 0.6 is 11.6 Å². The molecule has 0 fully saturated rings. The van der Waals surface area contributed by atoms with Crippen molar-refractivity contribution < 1.29 is 18.3 Å². The van der Waals surface area contributed by atoms with Gasteiger partial charge in [0.25, 0.3) is 16.0 Å². The Hall–Kier alpha value is -2.26. The maximum atomic E-state index is 12.0. The van der Waals surface area contributed by atoms with Crippen molar-refractivity contribution in [2.24, 2.45) is 0 Å². The topological polar surface area (TPSA) is 122 Å². The number of benzene rings is 1. The summed E-state index contributed by atoms with van der Waals surface area (Å²) in [5.41, 5.74) is -0.318. The lowest BCUT2D eigenvalue weighted by molar-refractivity contribution is 0.0697. The van der Waals surface area contributed by atoms with E-state index in [-0.39, 0.29) is 21.4 Å². The average molecular weight is 315 g/mol. The Morgan fingerprint density at radius 2 is 2.05 bits per heavy atom. The fraction of sp³-hybridized carbons (Fsp3) is 0. The van der Waals surface area contributed by atoms with Crippen molar-refractivity contribution in [3.8, 4) is 0 Å². The minimum Gasteiger partial charge on any atom is -0.478 e. The monoisotopic (exact) mass is 314 g/mol. The third-order valence-electron chi connectivity index (χ3n) is 2.19. The molecular formula is C10H7ClN4O4S. The SMILES string of the molecule is O=C(O)c1cc(S(=O)(=O)Nc2nccnn2)ccc1Cl. The Balaban J connectivity index is 2.40. The highest BCUT2D eigenvalue weighted by Crippen LogP contribution is 2.21. The number of nitrogens with zero attached hydrogens (tertiary/aromatic N) is 3. The molecule has 8 nitrogen and oxygen atoms in total. The van der Waals surface area contributed by atoms with Crippen LogP contribution in [0.4, 0.5) is 5.95 Å². The van der Waals surface area contributed by atoms with Gasteiger partial charge in [-0.25, -0.2) is 22.9 Å². The molecule has 0 bridgehead atoms. The molecule has 0 saturated carbocycles. The number of hydrogen-bond acceptors (Lipinski definition) is 6. The number of nitrogens with one attached hydrogen (secondary N) is 1. The summed E-state index contributed by atoms with van der Waals surface area (Å²) in [6.45, 7) is 0. The van der Waals surface area contributed by atoms with Crippen LogP contribution in [0.25, 0.3) is 0 Å². The third kappa shape index (κ3) is 3.00. The first-order valence-electron chi connectivity index (χ1n) is 5.09. The molecule has 0 unspecified atom stereocenters. The lowest BCUT2D eigenvalue weighted by atomic mass is 10.2. The molecule has 0 aliphatic carbocycles. The Bertz CT molecular complexity index is 751. The van der Waals surface area contributed by atoms with E-state index < -0.39 is 16.0 Å². The van der Waals surface area contributed by atoms with Gasteiger partial charge in [-0.2, -0.15) is 5.10 Å². The molecule has 2 rings (SSSR count). The normalized spacial score (nSPS) is 11.1. The zero-order chi connectivity index (χ0) is 14.8. The average Bonchev–Trinajstić information content (AvgIpc) is 2.39. The van der Waals surface area contributed by atoms with E-state index in [4.69, 9.17) is 16.7 Å². The van der Waals surface area contributed by atoms with Crippen molar-refractivity contribution in [2.75, 3.05) is 4.72 Å². The summed E-state index contributed by atoms with van der Waals surface area (Å²) < 4.78 is 26.1. The fourth-order valence-electron chi connectivity index (χ4n) is 1.31. The molecule has 0 amide bonds. The highest BCUT2D eigenvalue weighted by molar-refractivity contribution is 7.92. The standard InChI is InChI=1S/C10H7ClN4O4S/c11-8-2-1-6(5-7(8)9(16)17)20(18,19)15-10-12-3-4-13-14-10/h1-5H,(H,16,17)(H,12,14,15). The van der Waals surface area contributed by atoms with Crippen LogP contribution in [0, 0.1) is 0 Å². The molecule has 0 aliphatic heterocycles. The van der Waals surface area contributed by atoms with E-state index in [1.165, 1.54) is 24.5 Å². The molecule has 2 N–H and O–H groups in total. The van der Waals surface area contributed by atoms with Gasteiger partial charge in [-0.05, 0) is 18.2 Å². The smallest absolute Gasteiger partial charge is 0.337 e. The van der Waals surface area contributed by atoms with Gasteiger partial charge in [0.1, 0.15) is 0 Å². The molecule has 10 heteroatoms. The van der Waals surface area contributed by atoms with Crippen LogP contribution in [0.5, 0.6) is 0 Å². The molecule has 20 heavy (non-hydrogen) atoms. The number of aromatic carboxylic acids is 1. The van der Waals surface area contributed by atoms with Gasteiger partial charge < -0.3 is 5.11 Å². The number of sulfonamides is 1. The van der Waals surface area contributed by atoms with E-state index >= 15 is 0 Å². The van der Waals surface area contributed by atoms with Gasteiger partial charge in [0.05, 0.1) is 27.9 Å². The third-order valence-corrected chi connectivity index (χ3v) is 3.84. The van der Waals surface area contributed by atoms with Crippen molar-refractivity contribution in [3.63, 3.8) is 0 Å². The number of rotatable bonds is 4. The van der Waals surface area contributed by atoms with Crippen LogP contribution in [0.15, 0.2) is 35.5 Å². The van der Waals surface area contributed by atoms with Crippen molar-refractivity contribution in [2.45, 2.75) is 4.90 Å². The first-order valence-corrected chi connectivity index (χ1v) is 6.95. The maximum absolute atomic E-state index is 12.0. The number of carboxylic acids is 1. The van der Waals surface area contributed by atoms with Crippen molar-refractivity contribution in [1.82, 2.24) is 15.2 Å². The number of anilines is 1. The molecule has 0 atom stereocenters. The number of carboxylic acid groups (broad SMARTS) is 1. The summed E-state index contributed by atoms with van der Waals surface area (Å²) in [5.74, 6) is -1.55. The molecule has 1 heterocycles. The second-order valence-electron chi connectivity index (χ2n) is 3.52. The van der Waals surface area contributed by atoms with E-state index in [1.54, 1.807) is 0 Å². The number of halogens is 1. The summed E-state index contributed by atoms with van der Waals surface area (Å²) in [6.07, 6.45) is 2.54. The van der Waals surface area contributed by atoms with Crippen molar-refractivity contribution in [3.05, 3.63) is 41.2 Å². The summed E-state index contributed by atoms with van der Waals surface area (Å²) in [6, 6.07) is 3.31. The van der Waals surface area contributed by atoms with Crippen LogP contribution < -0.4 is 4.72 Å². The predicted octanol–water partition coefficient (Wildman–Crippen LogP) is 1.02. The number of aromatic nitrogens is 3. The second-order valence-corrected chi connectivity index (χ2v) is 5.61. The van der Waals surface area contributed by atoms with E-state index in [0.29, 0.717) is 0 Å². The molecule has 0 saturated heterocycles. The van der Waals surface area contributed by atoms with Gasteiger partial charge in [-0.1, -0.05) is 11.6 Å². The summed E-state index contributed by atoms with van der Waals surface area (Å²) in [7, 11) is -4.02. The molecule has 1 aromatic carbocycles. The Labute approximate surface area is 118 Å². The van der Waals surface area contributed by atoms with Gasteiger partial charge in [0.15, 0.2) is 0 Å². The minimum atomic E-state index is -4.02. The number of carbonyl (C=O) groups is 1. The molecule has 104 valence electrons. The first kappa shape index (κ1) is 14.2. The van der Waals surface area contributed by atoms with Gasteiger partial charge in [0, 0.05) is 0 Å². The Morgan fingerprint density at radius 1 is 1.30 bits per heavy atom. The van der Waals surface area contributed by atoms with E-state index in [0.717, 1.165) is 6.07 Å². The summed E-state index contributed by atoms with van der Waals surface area (Å²) >= 11 is 5.67. The van der Waals surface area contributed by atoms with Gasteiger partial charge >= 0.3 is 5.97 Å². The maximum Gasteiger partial charge on any atom is 0.337 e. The zero-order valence-electron chi connectivity index (χ0n) is 9.69. The Kier molecular flexibility index (Phi) is 3.81. The highest BCUT2D eigenvalue weighted by Gasteiger charge is 2.19. The molecule has 2 aromatic rings. The summed E-state index contributed by atoms with van der Waals surface area (Å²) in [4.78, 5) is 14.3. The summed E-state index contributed by atoms with van der Waals surface area (Å²) in [5, 5.41) is 15.8. The minimum absolute atomic E-state index is 0.0610. The van der Waals surface area contributed by atoms with Crippen molar-refractivity contribution in [1.29, 1.82) is 0 Å². The Morgan fingerprint density at radius 3 is 2.65 bits per heavy atom. The number of hydrogen-bond donors (Lipinski definition) is 2. The second kappa shape index (κ2) is 5.39. The lowest BCUT2D eigenvalue weighted by Gasteiger charge is -2.07. The van der Waals surface area contributed by atoms with E-state index in [1.807, 2.05) is 0 Å². The van der Waals surface area contributed by atoms with Crippen LogP contribution in [-0.4, -0.2) is 34.7 Å². The van der Waals surface area contributed by atoms with Gasteiger partial charge in [-0.15, -0.1) is 5.10 Å².